The van der Waals surface area contributed by atoms with E-state index >= 15 is 0 Å². The van der Waals surface area contributed by atoms with Gasteiger partial charge in [-0.3, -0.25) is 9.59 Å². The summed E-state index contributed by atoms with van der Waals surface area (Å²) in [6.45, 7) is 0.288. The zero-order chi connectivity index (χ0) is 21.4. The van der Waals surface area contributed by atoms with Crippen LogP contribution >= 0.6 is 0 Å². The molecule has 4 aromatic rings. The highest BCUT2D eigenvalue weighted by molar-refractivity contribution is 6.29. The van der Waals surface area contributed by atoms with Crippen molar-refractivity contribution < 1.29 is 18.9 Å². The van der Waals surface area contributed by atoms with Crippen molar-refractivity contribution in [1.29, 1.82) is 0 Å². The maximum absolute atomic E-state index is 13.7. The number of pyridine rings is 1. The molecule has 152 valence electrons. The molecule has 5 rings (SSSR count). The molecule has 0 amide bonds. The Morgan fingerprint density at radius 2 is 1.39 bits per heavy atom. The Labute approximate surface area is 180 Å². The Bertz CT molecular complexity index is 1270. The van der Waals surface area contributed by atoms with E-state index in [-0.39, 0.29) is 18.1 Å². The molecular weight excluding hydrogens is 386 g/mol. The Morgan fingerprint density at radius 3 is 2.03 bits per heavy atom. The normalized spacial score (nSPS) is 14.6. The number of ketones is 2. The fourth-order valence-electron chi connectivity index (χ4n) is 4.54. The van der Waals surface area contributed by atoms with Crippen LogP contribution in [0.3, 0.4) is 0 Å². The minimum absolute atomic E-state index is 0.107. The number of aromatic nitrogens is 1. The van der Waals surface area contributed by atoms with Gasteiger partial charge in [0.25, 0.3) is 0 Å². The number of methoxy groups -OCH3 is 1. The van der Waals surface area contributed by atoms with E-state index in [1.54, 1.807) is 19.2 Å². The number of fused-ring (bicyclic) bond motifs is 2. The predicted octanol–water partition coefficient (Wildman–Crippen LogP) is 4.44. The third-order valence-electron chi connectivity index (χ3n) is 6.15. The van der Waals surface area contributed by atoms with Crippen LogP contribution in [0, 0.1) is 5.41 Å². The van der Waals surface area contributed by atoms with Crippen molar-refractivity contribution in [1.82, 2.24) is 0 Å². The molecule has 4 nitrogen and oxygen atoms in total. The number of rotatable bonds is 5. The van der Waals surface area contributed by atoms with Crippen LogP contribution in [0.2, 0.25) is 0 Å². The largest absolute Gasteiger partial charge is 0.497 e. The van der Waals surface area contributed by atoms with E-state index in [1.165, 1.54) is 0 Å². The second-order valence-electron chi connectivity index (χ2n) is 8.06. The third kappa shape index (κ3) is 3.21. The summed E-state index contributed by atoms with van der Waals surface area (Å²) in [5, 5.41) is 2.19. The van der Waals surface area contributed by atoms with Crippen LogP contribution in [0.1, 0.15) is 26.3 Å². The van der Waals surface area contributed by atoms with E-state index in [9.17, 15) is 9.59 Å². The van der Waals surface area contributed by atoms with E-state index in [2.05, 4.69) is 6.07 Å². The molecular formula is C27H22NO3+. The molecule has 0 fully saturated rings. The lowest BCUT2D eigenvalue weighted by Crippen LogP contribution is -2.50. The summed E-state index contributed by atoms with van der Waals surface area (Å²) in [5.41, 5.74) is 0.785. The number of carbonyl (C=O) groups excluding carboxylic acids is 2. The van der Waals surface area contributed by atoms with Crippen LogP contribution in [0.4, 0.5) is 0 Å². The molecule has 1 heterocycles. The highest BCUT2D eigenvalue weighted by Gasteiger charge is 2.55. The fourth-order valence-corrected chi connectivity index (χ4v) is 4.54. The van der Waals surface area contributed by atoms with Gasteiger partial charge in [0.15, 0.2) is 35.9 Å². The molecule has 0 unspecified atom stereocenters. The van der Waals surface area contributed by atoms with Crippen molar-refractivity contribution in [3.63, 3.8) is 0 Å². The average Bonchev–Trinajstić information content (AvgIpc) is 3.02. The van der Waals surface area contributed by atoms with Gasteiger partial charge >= 0.3 is 0 Å². The molecule has 4 heteroatoms. The van der Waals surface area contributed by atoms with Gasteiger partial charge < -0.3 is 4.74 Å². The number of Topliss-reactive ketones (excluding diaryl/α,β-unsaturated/α-hetero) is 2. The SMILES string of the molecule is COc1ccc(CC2(C[n+]3ccc4ccccc4c3)C(=O)c3ccccc3C2=O)cc1. The second kappa shape index (κ2) is 7.47. The first-order valence-corrected chi connectivity index (χ1v) is 10.3. The number of hydrogen-bond donors (Lipinski definition) is 0. The highest BCUT2D eigenvalue weighted by Crippen LogP contribution is 2.40. The summed E-state index contributed by atoms with van der Waals surface area (Å²) in [6, 6.07) is 24.8. The van der Waals surface area contributed by atoms with Crippen molar-refractivity contribution in [2.75, 3.05) is 7.11 Å². The van der Waals surface area contributed by atoms with Crippen LogP contribution in [0.15, 0.2) is 91.3 Å². The molecule has 1 aliphatic carbocycles. The van der Waals surface area contributed by atoms with E-state index in [4.69, 9.17) is 4.74 Å². The van der Waals surface area contributed by atoms with Gasteiger partial charge in [-0.1, -0.05) is 54.6 Å². The first kappa shape index (κ1) is 19.2. The molecule has 0 bridgehead atoms. The Morgan fingerprint density at radius 1 is 0.774 bits per heavy atom. The topological polar surface area (TPSA) is 47.2 Å². The number of carbonyl (C=O) groups is 2. The van der Waals surface area contributed by atoms with E-state index in [1.807, 2.05) is 77.6 Å². The predicted molar refractivity (Wildman–Crippen MR) is 118 cm³/mol. The summed E-state index contributed by atoms with van der Waals surface area (Å²) in [7, 11) is 1.62. The van der Waals surface area contributed by atoms with Crippen molar-refractivity contribution >= 4 is 22.3 Å². The lowest BCUT2D eigenvalue weighted by molar-refractivity contribution is -0.703. The lowest BCUT2D eigenvalue weighted by Gasteiger charge is -2.23. The van der Waals surface area contributed by atoms with Gasteiger partial charge in [-0.2, -0.15) is 0 Å². The number of ether oxygens (including phenoxy) is 1. The lowest BCUT2D eigenvalue weighted by atomic mass is 9.76. The molecule has 0 atom stereocenters. The first-order valence-electron chi connectivity index (χ1n) is 10.3. The van der Waals surface area contributed by atoms with Crippen molar-refractivity contribution in [2.24, 2.45) is 5.41 Å². The fraction of sp³-hybridized carbons (Fsp3) is 0.148. The maximum atomic E-state index is 13.7. The quantitative estimate of drug-likeness (QED) is 0.362. The van der Waals surface area contributed by atoms with E-state index < -0.39 is 5.41 Å². The Hall–Kier alpha value is -3.79. The van der Waals surface area contributed by atoms with Crippen LogP contribution in [-0.2, 0) is 13.0 Å². The second-order valence-corrected chi connectivity index (χ2v) is 8.06. The standard InChI is InChI=1S/C27H22NO3/c1-31-22-12-10-19(11-13-22)16-27(25(29)23-8-4-5-9-24(23)26(27)30)18-28-15-14-20-6-2-3-7-21(20)17-28/h2-15,17H,16,18H2,1H3/q+1. The molecule has 0 saturated heterocycles. The van der Waals surface area contributed by atoms with Crippen LogP contribution in [0.25, 0.3) is 10.8 Å². The summed E-state index contributed by atoms with van der Waals surface area (Å²) < 4.78 is 7.22. The van der Waals surface area contributed by atoms with E-state index in [0.717, 1.165) is 22.1 Å². The summed E-state index contributed by atoms with van der Waals surface area (Å²) in [5.74, 6) is 0.531. The van der Waals surface area contributed by atoms with Gasteiger partial charge in [0, 0.05) is 22.6 Å². The van der Waals surface area contributed by atoms with Crippen molar-refractivity contribution in [3.8, 4) is 5.75 Å². The summed E-state index contributed by atoms with van der Waals surface area (Å²) >= 11 is 0. The molecule has 1 aliphatic rings. The minimum Gasteiger partial charge on any atom is -0.497 e. The van der Waals surface area contributed by atoms with Crippen LogP contribution in [0.5, 0.6) is 5.75 Å². The molecule has 0 saturated carbocycles. The zero-order valence-electron chi connectivity index (χ0n) is 17.2. The number of nitrogens with zero attached hydrogens (tertiary/aromatic N) is 1. The zero-order valence-corrected chi connectivity index (χ0v) is 17.2. The van der Waals surface area contributed by atoms with Gasteiger partial charge in [0.2, 0.25) is 0 Å². The number of hydrogen-bond acceptors (Lipinski definition) is 3. The van der Waals surface area contributed by atoms with Gasteiger partial charge in [0.1, 0.15) is 5.75 Å². The van der Waals surface area contributed by atoms with Gasteiger partial charge in [0.05, 0.1) is 7.11 Å². The van der Waals surface area contributed by atoms with Gasteiger partial charge in [-0.05, 0) is 35.6 Å². The molecule has 0 aliphatic heterocycles. The maximum Gasteiger partial charge on any atom is 0.184 e. The molecule has 0 spiro atoms. The average molecular weight is 408 g/mol. The monoisotopic (exact) mass is 408 g/mol. The molecule has 0 radical (unpaired) electrons. The van der Waals surface area contributed by atoms with Crippen LogP contribution < -0.4 is 9.30 Å². The summed E-state index contributed by atoms with van der Waals surface area (Å²) in [6.07, 6.45) is 4.29. The number of benzene rings is 3. The molecule has 0 N–H and O–H groups in total. The van der Waals surface area contributed by atoms with Crippen molar-refractivity contribution in [3.05, 3.63) is 108 Å². The smallest absolute Gasteiger partial charge is 0.184 e. The third-order valence-corrected chi connectivity index (χ3v) is 6.15. The minimum atomic E-state index is -1.18. The molecule has 31 heavy (non-hydrogen) atoms. The highest BCUT2D eigenvalue weighted by atomic mass is 16.5. The van der Waals surface area contributed by atoms with Crippen molar-refractivity contribution in [2.45, 2.75) is 13.0 Å². The van der Waals surface area contributed by atoms with Gasteiger partial charge in [-0.25, -0.2) is 4.57 Å². The first-order chi connectivity index (χ1) is 15.1. The van der Waals surface area contributed by atoms with Crippen LogP contribution in [-0.4, -0.2) is 18.7 Å². The molecule has 1 aromatic heterocycles. The van der Waals surface area contributed by atoms with E-state index in [0.29, 0.717) is 17.5 Å². The molecule has 3 aromatic carbocycles. The Balaban J connectivity index is 1.60. The van der Waals surface area contributed by atoms with Gasteiger partial charge in [-0.15, -0.1) is 0 Å². The summed E-state index contributed by atoms with van der Waals surface area (Å²) in [4.78, 5) is 27.3. The Kier molecular flexibility index (Phi) is 4.63.